The van der Waals surface area contributed by atoms with Crippen molar-refractivity contribution in [3.8, 4) is 0 Å². The summed E-state index contributed by atoms with van der Waals surface area (Å²) in [7, 11) is 0.461. The molecule has 0 spiro atoms. The summed E-state index contributed by atoms with van der Waals surface area (Å²) in [6.45, 7) is 7.41. The zero-order valence-corrected chi connectivity index (χ0v) is 16.4. The van der Waals surface area contributed by atoms with Crippen LogP contribution in [0.15, 0.2) is 48.7 Å². The quantitative estimate of drug-likeness (QED) is 0.554. The van der Waals surface area contributed by atoms with E-state index in [1.54, 1.807) is 25.2 Å². The maximum absolute atomic E-state index is 10.3. The largest absolute Gasteiger partial charge is 0.427 e. The van der Waals surface area contributed by atoms with E-state index in [2.05, 4.69) is 41.4 Å². The van der Waals surface area contributed by atoms with E-state index in [0.29, 0.717) is 7.48 Å². The number of thiophene rings is 1. The molecule has 0 unspecified atom stereocenters. The highest BCUT2D eigenvalue weighted by Crippen LogP contribution is 2.36. The molecule has 0 atom stereocenters. The topological polar surface area (TPSA) is 42.4 Å². The van der Waals surface area contributed by atoms with Crippen molar-refractivity contribution in [2.24, 2.45) is 0 Å². The van der Waals surface area contributed by atoms with Gasteiger partial charge in [0, 0.05) is 16.3 Å². The number of hydrogen-bond donors (Lipinski definition) is 1. The van der Waals surface area contributed by atoms with E-state index < -0.39 is 11.2 Å². The third kappa shape index (κ3) is 2.80. The van der Waals surface area contributed by atoms with Gasteiger partial charge in [-0.15, -0.1) is 11.3 Å². The molecule has 2 aromatic carbocycles. The molecule has 1 N–H and O–H groups in total. The van der Waals surface area contributed by atoms with E-state index in [9.17, 15) is 5.11 Å². The number of pyridine rings is 1. The number of aromatic nitrogens is 1. The molecule has 0 amide bonds. The van der Waals surface area contributed by atoms with Gasteiger partial charge < -0.3 is 9.76 Å². The second kappa shape index (κ2) is 6.05. The molecule has 26 heavy (non-hydrogen) atoms. The van der Waals surface area contributed by atoms with Gasteiger partial charge in [-0.1, -0.05) is 30.3 Å². The molecule has 4 aromatic rings. The molecule has 0 saturated heterocycles. The van der Waals surface area contributed by atoms with Crippen molar-refractivity contribution in [2.45, 2.75) is 38.9 Å². The number of benzene rings is 2. The first-order chi connectivity index (χ1) is 12.3. The minimum Gasteiger partial charge on any atom is -0.427 e. The molecule has 0 fully saturated rings. The van der Waals surface area contributed by atoms with Crippen LogP contribution < -0.4 is 5.46 Å². The van der Waals surface area contributed by atoms with Crippen LogP contribution in [0.5, 0.6) is 0 Å². The van der Waals surface area contributed by atoms with Crippen LogP contribution in [0.4, 0.5) is 0 Å². The van der Waals surface area contributed by atoms with Gasteiger partial charge in [0.1, 0.15) is 0 Å². The van der Waals surface area contributed by atoms with Gasteiger partial charge in [-0.25, -0.2) is 0 Å². The van der Waals surface area contributed by atoms with Gasteiger partial charge in [-0.05, 0) is 56.1 Å². The van der Waals surface area contributed by atoms with Gasteiger partial charge in [0.2, 0.25) is 0 Å². The van der Waals surface area contributed by atoms with Gasteiger partial charge in [0.15, 0.2) is 0 Å². The van der Waals surface area contributed by atoms with Gasteiger partial charge >= 0.3 is 7.48 Å². The second-order valence-corrected chi connectivity index (χ2v) is 8.82. The summed E-state index contributed by atoms with van der Waals surface area (Å²) in [6, 6.07) is 14.8. The van der Waals surface area contributed by atoms with Crippen molar-refractivity contribution in [1.82, 2.24) is 4.98 Å². The number of nitrogens with zero attached hydrogens (tertiary/aromatic N) is 1. The summed E-state index contributed by atoms with van der Waals surface area (Å²) in [5.74, 6) is 0. The molecule has 0 radical (unpaired) electrons. The highest BCUT2D eigenvalue weighted by molar-refractivity contribution is 7.26. The van der Waals surface area contributed by atoms with E-state index in [4.69, 9.17) is 4.65 Å². The first-order valence-electron chi connectivity index (χ1n) is 8.82. The first kappa shape index (κ1) is 17.5. The Hall–Kier alpha value is -1.95. The molecule has 3 nitrogen and oxygen atoms in total. The Balaban J connectivity index is 1.81. The van der Waals surface area contributed by atoms with Crippen LogP contribution in [-0.2, 0) is 4.65 Å². The highest BCUT2D eigenvalue weighted by atomic mass is 32.1. The van der Waals surface area contributed by atoms with Crippen LogP contribution in [0.2, 0.25) is 0 Å². The lowest BCUT2D eigenvalue weighted by molar-refractivity contribution is -0.0893. The van der Waals surface area contributed by atoms with E-state index in [1.165, 1.54) is 25.6 Å². The summed E-state index contributed by atoms with van der Waals surface area (Å²) in [4.78, 5) is 4.55. The van der Waals surface area contributed by atoms with Crippen molar-refractivity contribution in [3.05, 3.63) is 48.7 Å². The van der Waals surface area contributed by atoms with Crippen LogP contribution in [-0.4, -0.2) is 28.8 Å². The van der Waals surface area contributed by atoms with Crippen molar-refractivity contribution in [1.29, 1.82) is 0 Å². The summed E-state index contributed by atoms with van der Waals surface area (Å²) >= 11 is 1.78. The Kier molecular flexibility index (Phi) is 4.06. The SMILES string of the molecule is CC(C)(O)C(C)(C)OBc1cccc2c1ccc1c3ncccc3sc21. The lowest BCUT2D eigenvalue weighted by Crippen LogP contribution is -2.49. The van der Waals surface area contributed by atoms with Gasteiger partial charge in [-0.3, -0.25) is 4.98 Å². The maximum Gasteiger partial charge on any atom is 0.310 e. The number of hydrogen-bond acceptors (Lipinski definition) is 4. The van der Waals surface area contributed by atoms with Crippen LogP contribution >= 0.6 is 11.3 Å². The molecule has 4 rings (SSSR count). The molecule has 2 aromatic heterocycles. The highest BCUT2D eigenvalue weighted by Gasteiger charge is 2.35. The number of rotatable bonds is 4. The van der Waals surface area contributed by atoms with Gasteiger partial charge in [0.25, 0.3) is 0 Å². The van der Waals surface area contributed by atoms with Crippen LogP contribution in [0.1, 0.15) is 27.7 Å². The molecule has 5 heteroatoms. The fourth-order valence-corrected chi connectivity index (χ4v) is 4.23. The molecular formula is C21H22BNO2S. The van der Waals surface area contributed by atoms with Crippen molar-refractivity contribution in [3.63, 3.8) is 0 Å². The summed E-state index contributed by atoms with van der Waals surface area (Å²) in [6.07, 6.45) is 1.85. The van der Waals surface area contributed by atoms with Gasteiger partial charge in [-0.2, -0.15) is 0 Å². The molecule has 132 valence electrons. The minimum absolute atomic E-state index is 0.461. The third-order valence-corrected chi connectivity index (χ3v) is 6.60. The lowest BCUT2D eigenvalue weighted by atomic mass is 9.80. The molecular weight excluding hydrogens is 341 g/mol. The van der Waals surface area contributed by atoms with Crippen LogP contribution in [0.3, 0.4) is 0 Å². The molecule has 0 aliphatic heterocycles. The van der Waals surface area contributed by atoms with Gasteiger partial charge in [0.05, 0.1) is 21.4 Å². The Morgan fingerprint density at radius 1 is 0.962 bits per heavy atom. The molecule has 0 aliphatic carbocycles. The predicted molar refractivity (Wildman–Crippen MR) is 113 cm³/mol. The summed E-state index contributed by atoms with van der Waals surface area (Å²) < 4.78 is 8.57. The Morgan fingerprint density at radius 2 is 1.73 bits per heavy atom. The normalized spacial score (nSPS) is 13.0. The average molecular weight is 363 g/mol. The van der Waals surface area contributed by atoms with E-state index >= 15 is 0 Å². The molecule has 0 saturated carbocycles. The van der Waals surface area contributed by atoms with Crippen molar-refractivity contribution >= 4 is 55.4 Å². The number of fused-ring (bicyclic) bond motifs is 5. The fourth-order valence-electron chi connectivity index (χ4n) is 3.04. The standard InChI is InChI=1S/C21H22BNO2S/c1-20(2,24)21(3,4)25-22-16-8-5-7-14-13(16)10-11-15-18-17(26-19(14)15)9-6-12-23-18/h5-12,22,24H,1-4H3. The number of aliphatic hydroxyl groups is 1. The lowest BCUT2D eigenvalue weighted by Gasteiger charge is -2.37. The zero-order valence-electron chi connectivity index (χ0n) is 15.5. The summed E-state index contributed by atoms with van der Waals surface area (Å²) in [5.41, 5.74) is 0.648. The van der Waals surface area contributed by atoms with Crippen LogP contribution in [0, 0.1) is 0 Å². The maximum atomic E-state index is 10.3. The molecule has 0 bridgehead atoms. The minimum atomic E-state index is -0.915. The first-order valence-corrected chi connectivity index (χ1v) is 9.64. The van der Waals surface area contributed by atoms with E-state index in [0.717, 1.165) is 11.0 Å². The Morgan fingerprint density at radius 3 is 2.50 bits per heavy atom. The molecule has 2 heterocycles. The zero-order chi connectivity index (χ0) is 18.5. The fraction of sp³-hybridized carbons (Fsp3) is 0.286. The Bertz CT molecular complexity index is 1110. The van der Waals surface area contributed by atoms with E-state index in [-0.39, 0.29) is 0 Å². The average Bonchev–Trinajstić information content (AvgIpc) is 2.98. The van der Waals surface area contributed by atoms with Crippen LogP contribution in [0.25, 0.3) is 31.1 Å². The van der Waals surface area contributed by atoms with Crippen molar-refractivity contribution in [2.75, 3.05) is 0 Å². The summed E-state index contributed by atoms with van der Waals surface area (Å²) in [5, 5.41) is 14.0. The molecule has 0 aliphatic rings. The second-order valence-electron chi connectivity index (χ2n) is 7.76. The third-order valence-electron chi connectivity index (χ3n) is 5.40. The smallest absolute Gasteiger partial charge is 0.310 e. The van der Waals surface area contributed by atoms with Crippen molar-refractivity contribution < 1.29 is 9.76 Å². The predicted octanol–water partition coefficient (Wildman–Crippen LogP) is 4.15. The Labute approximate surface area is 157 Å². The van der Waals surface area contributed by atoms with E-state index in [1.807, 2.05) is 26.1 Å². The monoisotopic (exact) mass is 363 g/mol.